The van der Waals surface area contributed by atoms with Crippen LogP contribution in [0.1, 0.15) is 18.4 Å². The first-order valence-electron chi connectivity index (χ1n) is 19.5. The van der Waals surface area contributed by atoms with Crippen LogP contribution in [0.2, 0.25) is 0 Å². The van der Waals surface area contributed by atoms with Gasteiger partial charge in [0.05, 0.1) is 22.1 Å². The molecule has 0 fully saturated rings. The average Bonchev–Trinajstić information content (AvgIpc) is 3.90. The fraction of sp³-hybridized carbons (Fsp3) is 0.0392. The quantitative estimate of drug-likeness (QED) is 0.182. The molecule has 5 heterocycles. The summed E-state index contributed by atoms with van der Waals surface area (Å²) in [6.45, 7) is 0. The zero-order chi connectivity index (χ0) is 37.2. The van der Waals surface area contributed by atoms with Crippen LogP contribution in [0.4, 0.5) is 0 Å². The maximum atomic E-state index is 6.34. The van der Waals surface area contributed by atoms with Gasteiger partial charge in [0, 0.05) is 60.3 Å². The number of rotatable bonds is 3. The van der Waals surface area contributed by atoms with Gasteiger partial charge in [-0.05, 0) is 60.4 Å². The Balaban J connectivity index is 1.17. The topological polar surface area (TPSA) is 61.7 Å². The average molecular weight is 730 g/mol. The summed E-state index contributed by atoms with van der Waals surface area (Å²) < 4.78 is 11.2. The Labute approximate surface area is 326 Å². The Bertz CT molecular complexity index is 3580. The van der Waals surface area contributed by atoms with E-state index >= 15 is 0 Å². The highest BCUT2D eigenvalue weighted by atomic mass is 16.3. The van der Waals surface area contributed by atoms with Crippen molar-refractivity contribution in [2.75, 3.05) is 0 Å². The standard InChI is InChI=1S/C51H31N5O/c1-2-14-30(15-3-1)49-52-50(31-26-27-36-35-19-9-13-25-44(35)57-45(36)28-31)54-51(53-49)56-42-24-12-8-21-38(42)46-43(56)29-39-34-18-7-11-23-41(34)55-40-22-10-6-17-33(40)32-16-4-5-20-37(32)47(46)48(39)55/h1-9,11-21,23-29H,10,22H2. The molecule has 0 atom stereocenters. The van der Waals surface area contributed by atoms with E-state index in [0.717, 1.165) is 62.3 Å². The fourth-order valence-electron chi connectivity index (χ4n) is 9.57. The van der Waals surface area contributed by atoms with Gasteiger partial charge >= 0.3 is 0 Å². The zero-order valence-corrected chi connectivity index (χ0v) is 30.6. The van der Waals surface area contributed by atoms with Gasteiger partial charge in [-0.1, -0.05) is 127 Å². The normalized spacial score (nSPS) is 13.7. The van der Waals surface area contributed by atoms with Crippen LogP contribution in [0.25, 0.3) is 117 Å². The minimum atomic E-state index is 0.562. The predicted octanol–water partition coefficient (Wildman–Crippen LogP) is 13.0. The molecule has 7 aromatic carbocycles. The Morgan fingerprint density at radius 1 is 0.491 bits per heavy atom. The molecule has 0 bridgehead atoms. The van der Waals surface area contributed by atoms with Crippen molar-refractivity contribution >= 4 is 76.8 Å². The van der Waals surface area contributed by atoms with Gasteiger partial charge in [-0.2, -0.15) is 9.97 Å². The highest BCUT2D eigenvalue weighted by Gasteiger charge is 2.30. The molecule has 0 saturated carbocycles. The van der Waals surface area contributed by atoms with Crippen LogP contribution in [-0.2, 0) is 0 Å². The molecule has 11 aromatic rings. The molecule has 0 amide bonds. The van der Waals surface area contributed by atoms with Gasteiger partial charge in [-0.15, -0.1) is 0 Å². The van der Waals surface area contributed by atoms with Crippen LogP contribution in [0.15, 0.2) is 168 Å². The molecule has 13 rings (SSSR count). The van der Waals surface area contributed by atoms with Gasteiger partial charge in [0.15, 0.2) is 11.6 Å². The lowest BCUT2D eigenvalue weighted by atomic mass is 9.89. The lowest BCUT2D eigenvalue weighted by Crippen LogP contribution is -2.06. The minimum Gasteiger partial charge on any atom is -0.456 e. The highest BCUT2D eigenvalue weighted by molar-refractivity contribution is 6.29. The van der Waals surface area contributed by atoms with E-state index < -0.39 is 0 Å². The van der Waals surface area contributed by atoms with E-state index in [1.165, 1.54) is 55.2 Å². The number of aromatic nitrogens is 5. The maximum absolute atomic E-state index is 6.34. The Kier molecular flexibility index (Phi) is 6.19. The maximum Gasteiger partial charge on any atom is 0.238 e. The Morgan fingerprint density at radius 2 is 1.18 bits per heavy atom. The van der Waals surface area contributed by atoms with E-state index in [9.17, 15) is 0 Å². The first-order valence-corrected chi connectivity index (χ1v) is 19.5. The summed E-state index contributed by atoms with van der Waals surface area (Å²) in [6.07, 6.45) is 6.65. The molecule has 57 heavy (non-hydrogen) atoms. The first-order chi connectivity index (χ1) is 28.3. The Morgan fingerprint density at radius 3 is 2.04 bits per heavy atom. The third kappa shape index (κ3) is 4.27. The van der Waals surface area contributed by atoms with E-state index in [0.29, 0.717) is 17.6 Å². The summed E-state index contributed by atoms with van der Waals surface area (Å²) in [7, 11) is 0. The molecule has 6 nitrogen and oxygen atoms in total. The Hall–Kier alpha value is -7.57. The van der Waals surface area contributed by atoms with Crippen molar-refractivity contribution in [1.82, 2.24) is 24.1 Å². The lowest BCUT2D eigenvalue weighted by Gasteiger charge is -2.18. The van der Waals surface area contributed by atoms with E-state index in [-0.39, 0.29) is 0 Å². The third-order valence-corrected chi connectivity index (χ3v) is 12.0. The van der Waals surface area contributed by atoms with Crippen LogP contribution in [0, 0.1) is 0 Å². The molecule has 4 aromatic heterocycles. The summed E-state index contributed by atoms with van der Waals surface area (Å²) in [5, 5.41) is 6.93. The van der Waals surface area contributed by atoms with Crippen LogP contribution in [0.5, 0.6) is 0 Å². The number of allylic oxidation sites excluding steroid dienone is 4. The molecule has 1 aliphatic carbocycles. The van der Waals surface area contributed by atoms with E-state index in [2.05, 4.69) is 137 Å². The smallest absolute Gasteiger partial charge is 0.238 e. The van der Waals surface area contributed by atoms with Gasteiger partial charge in [0.1, 0.15) is 11.2 Å². The van der Waals surface area contributed by atoms with E-state index in [4.69, 9.17) is 19.4 Å². The number of hydrogen-bond acceptors (Lipinski definition) is 4. The lowest BCUT2D eigenvalue weighted by molar-refractivity contribution is 0.669. The number of hydrogen-bond donors (Lipinski definition) is 0. The summed E-state index contributed by atoms with van der Waals surface area (Å²) in [4.78, 5) is 15.8. The number of fused-ring (bicyclic) bond motifs is 14. The van der Waals surface area contributed by atoms with Crippen molar-refractivity contribution in [3.63, 3.8) is 0 Å². The van der Waals surface area contributed by atoms with Crippen LogP contribution < -0.4 is 0 Å². The van der Waals surface area contributed by atoms with Gasteiger partial charge in [0.25, 0.3) is 0 Å². The molecule has 2 aliphatic rings. The zero-order valence-electron chi connectivity index (χ0n) is 30.6. The van der Waals surface area contributed by atoms with Crippen molar-refractivity contribution in [2.24, 2.45) is 0 Å². The number of benzene rings is 7. The summed E-state index contributed by atoms with van der Waals surface area (Å²) >= 11 is 0. The van der Waals surface area contributed by atoms with Crippen molar-refractivity contribution in [1.29, 1.82) is 0 Å². The van der Waals surface area contributed by atoms with Crippen LogP contribution >= 0.6 is 0 Å². The molecule has 0 saturated heterocycles. The molecule has 1 aliphatic heterocycles. The molecule has 6 heteroatoms. The predicted molar refractivity (Wildman–Crippen MR) is 232 cm³/mol. The first kappa shape index (κ1) is 30.7. The van der Waals surface area contributed by atoms with Crippen molar-refractivity contribution < 1.29 is 4.42 Å². The molecule has 266 valence electrons. The van der Waals surface area contributed by atoms with Gasteiger partial charge in [-0.25, -0.2) is 4.98 Å². The van der Waals surface area contributed by atoms with Crippen LogP contribution in [0.3, 0.4) is 0 Å². The second-order valence-corrected chi connectivity index (χ2v) is 15.1. The monoisotopic (exact) mass is 729 g/mol. The highest BCUT2D eigenvalue weighted by Crippen LogP contribution is 2.51. The number of nitrogens with zero attached hydrogens (tertiary/aromatic N) is 5. The molecular weight excluding hydrogens is 699 g/mol. The second kappa shape index (κ2) is 11.5. The minimum absolute atomic E-state index is 0.562. The van der Waals surface area contributed by atoms with Gasteiger partial charge < -0.3 is 8.98 Å². The van der Waals surface area contributed by atoms with Crippen molar-refractivity contribution in [3.05, 3.63) is 169 Å². The van der Waals surface area contributed by atoms with Gasteiger partial charge in [0.2, 0.25) is 5.95 Å². The number of furan rings is 1. The third-order valence-electron chi connectivity index (χ3n) is 12.0. The molecule has 0 unspecified atom stereocenters. The molecule has 0 radical (unpaired) electrons. The molecular formula is C51H31N5O. The van der Waals surface area contributed by atoms with E-state index in [1.807, 2.05) is 36.4 Å². The van der Waals surface area contributed by atoms with Crippen LogP contribution in [-0.4, -0.2) is 24.1 Å². The fourth-order valence-corrected chi connectivity index (χ4v) is 9.57. The summed E-state index contributed by atoms with van der Waals surface area (Å²) in [5.41, 5.74) is 14.4. The largest absolute Gasteiger partial charge is 0.456 e. The van der Waals surface area contributed by atoms with Crippen molar-refractivity contribution in [3.8, 4) is 39.9 Å². The SMILES string of the molecule is C1=CC2=C(CC1)n1c3ccccc3c3cc4c(c(c31)-c1ccccc12)c1ccccc1n4-c1nc(-c2ccccc2)nc(-c2ccc3c(c2)oc2ccccc23)n1. The summed E-state index contributed by atoms with van der Waals surface area (Å²) in [6, 6.07) is 53.5. The van der Waals surface area contributed by atoms with Gasteiger partial charge in [-0.3, -0.25) is 4.57 Å². The molecule has 0 N–H and O–H groups in total. The number of para-hydroxylation sites is 3. The summed E-state index contributed by atoms with van der Waals surface area (Å²) in [5.74, 6) is 1.75. The molecule has 0 spiro atoms. The van der Waals surface area contributed by atoms with Crippen molar-refractivity contribution in [2.45, 2.75) is 12.8 Å². The second-order valence-electron chi connectivity index (χ2n) is 15.1. The van der Waals surface area contributed by atoms with E-state index in [1.54, 1.807) is 0 Å².